The molecule has 1 aromatic carbocycles. The molecule has 6 nitrogen and oxygen atoms in total. The molecule has 0 fully saturated rings. The number of hydrogen-bond donors (Lipinski definition) is 1. The Kier molecular flexibility index (Phi) is 6.02. The van der Waals surface area contributed by atoms with E-state index < -0.39 is 10.0 Å². The van der Waals surface area contributed by atoms with Crippen LogP contribution in [0.15, 0.2) is 24.3 Å². The second-order valence-corrected chi connectivity index (χ2v) is 6.83. The highest BCUT2D eigenvalue weighted by molar-refractivity contribution is 7.92. The van der Waals surface area contributed by atoms with Gasteiger partial charge in [-0.15, -0.1) is 0 Å². The number of sulfonamides is 1. The van der Waals surface area contributed by atoms with Crippen LogP contribution >= 0.6 is 0 Å². The fourth-order valence-corrected chi connectivity index (χ4v) is 2.63. The molecule has 0 bridgehead atoms. The lowest BCUT2D eigenvalue weighted by Gasteiger charge is -2.22. The Labute approximate surface area is 126 Å². The molecule has 21 heavy (non-hydrogen) atoms. The highest BCUT2D eigenvalue weighted by Gasteiger charge is 2.21. The summed E-state index contributed by atoms with van der Waals surface area (Å²) in [6.45, 7) is 5.79. The van der Waals surface area contributed by atoms with Crippen LogP contribution < -0.4 is 14.4 Å². The van der Waals surface area contributed by atoms with Crippen molar-refractivity contribution in [2.45, 2.75) is 26.8 Å². The lowest BCUT2D eigenvalue weighted by atomic mass is 10.3. The summed E-state index contributed by atoms with van der Waals surface area (Å²) < 4.78 is 30.1. The van der Waals surface area contributed by atoms with Crippen molar-refractivity contribution in [3.05, 3.63) is 24.3 Å². The van der Waals surface area contributed by atoms with E-state index >= 15 is 0 Å². The van der Waals surface area contributed by atoms with Crippen LogP contribution in [0.5, 0.6) is 5.75 Å². The molecule has 1 aromatic rings. The second kappa shape index (κ2) is 7.31. The average molecular weight is 314 g/mol. The van der Waals surface area contributed by atoms with Crippen LogP contribution in [0.1, 0.15) is 20.8 Å². The number of nitrogens with one attached hydrogen (secondary N) is 1. The van der Waals surface area contributed by atoms with Crippen LogP contribution in [0.2, 0.25) is 0 Å². The predicted molar refractivity (Wildman–Crippen MR) is 83.1 cm³/mol. The van der Waals surface area contributed by atoms with Crippen LogP contribution in [0.25, 0.3) is 0 Å². The van der Waals surface area contributed by atoms with E-state index in [-0.39, 0.29) is 18.5 Å². The fraction of sp³-hybridized carbons (Fsp3) is 0.500. The van der Waals surface area contributed by atoms with Gasteiger partial charge in [0.15, 0.2) is 0 Å². The van der Waals surface area contributed by atoms with Gasteiger partial charge >= 0.3 is 0 Å². The largest absolute Gasteiger partial charge is 0.494 e. The summed E-state index contributed by atoms with van der Waals surface area (Å²) in [5, 5.41) is 2.68. The van der Waals surface area contributed by atoms with E-state index in [1.54, 1.807) is 24.3 Å². The summed E-state index contributed by atoms with van der Waals surface area (Å²) in [6, 6.07) is 6.55. The molecule has 0 aromatic heterocycles. The molecule has 1 N–H and O–H groups in total. The van der Waals surface area contributed by atoms with Gasteiger partial charge < -0.3 is 10.1 Å². The van der Waals surface area contributed by atoms with E-state index in [4.69, 9.17) is 4.74 Å². The fourth-order valence-electron chi connectivity index (χ4n) is 1.77. The number of hydrogen-bond acceptors (Lipinski definition) is 4. The number of nitrogens with zero attached hydrogens (tertiary/aromatic N) is 1. The molecule has 0 spiro atoms. The van der Waals surface area contributed by atoms with Gasteiger partial charge in [-0.1, -0.05) is 0 Å². The van der Waals surface area contributed by atoms with Gasteiger partial charge in [-0.3, -0.25) is 9.10 Å². The maximum absolute atomic E-state index is 11.9. The van der Waals surface area contributed by atoms with Gasteiger partial charge in [0, 0.05) is 6.04 Å². The zero-order chi connectivity index (χ0) is 16.0. The first-order valence-corrected chi connectivity index (χ1v) is 8.58. The number of rotatable bonds is 7. The monoisotopic (exact) mass is 314 g/mol. The molecule has 7 heteroatoms. The Bertz CT molecular complexity index is 567. The molecule has 0 heterocycles. The number of carbonyl (C=O) groups excluding carboxylic acids is 1. The summed E-state index contributed by atoms with van der Waals surface area (Å²) in [6.07, 6.45) is 1.08. The van der Waals surface area contributed by atoms with Crippen LogP contribution in [-0.2, 0) is 14.8 Å². The van der Waals surface area contributed by atoms with Gasteiger partial charge in [0.25, 0.3) is 0 Å². The number of amides is 1. The highest BCUT2D eigenvalue weighted by atomic mass is 32.2. The minimum Gasteiger partial charge on any atom is -0.494 e. The molecule has 0 saturated carbocycles. The van der Waals surface area contributed by atoms with Gasteiger partial charge in [-0.05, 0) is 45.0 Å². The van der Waals surface area contributed by atoms with E-state index in [0.29, 0.717) is 18.0 Å². The Morgan fingerprint density at radius 2 is 1.86 bits per heavy atom. The number of anilines is 1. The molecular formula is C14H22N2O4S. The van der Waals surface area contributed by atoms with Crippen molar-refractivity contribution in [1.82, 2.24) is 5.32 Å². The van der Waals surface area contributed by atoms with E-state index in [2.05, 4.69) is 5.32 Å². The summed E-state index contributed by atoms with van der Waals surface area (Å²) in [5.41, 5.74) is 0.430. The minimum absolute atomic E-state index is 0.0424. The van der Waals surface area contributed by atoms with Crippen molar-refractivity contribution in [3.8, 4) is 5.75 Å². The number of benzene rings is 1. The van der Waals surface area contributed by atoms with E-state index in [1.165, 1.54) is 0 Å². The summed E-state index contributed by atoms with van der Waals surface area (Å²) in [4.78, 5) is 11.8. The molecule has 1 amide bonds. The quantitative estimate of drug-likeness (QED) is 0.825. The van der Waals surface area contributed by atoms with Crippen molar-refractivity contribution in [2.75, 3.05) is 23.7 Å². The highest BCUT2D eigenvalue weighted by Crippen LogP contribution is 2.21. The molecule has 0 atom stereocenters. The summed E-state index contributed by atoms with van der Waals surface area (Å²) >= 11 is 0. The average Bonchev–Trinajstić information content (AvgIpc) is 2.35. The molecule has 0 unspecified atom stereocenters. The van der Waals surface area contributed by atoms with Crippen molar-refractivity contribution >= 4 is 21.6 Å². The first-order valence-electron chi connectivity index (χ1n) is 6.74. The van der Waals surface area contributed by atoms with Crippen LogP contribution in [0.3, 0.4) is 0 Å². The van der Waals surface area contributed by atoms with Gasteiger partial charge in [-0.2, -0.15) is 0 Å². The van der Waals surface area contributed by atoms with E-state index in [1.807, 2.05) is 20.8 Å². The van der Waals surface area contributed by atoms with Crippen molar-refractivity contribution in [2.24, 2.45) is 0 Å². The SMILES string of the molecule is CCOc1ccc(N(CC(=O)NC(C)C)S(C)(=O)=O)cc1. The zero-order valence-corrected chi connectivity index (χ0v) is 13.6. The van der Waals surface area contributed by atoms with Crippen LogP contribution in [0, 0.1) is 0 Å². The second-order valence-electron chi connectivity index (χ2n) is 4.92. The summed E-state index contributed by atoms with van der Waals surface area (Å²) in [7, 11) is -3.54. The first-order chi connectivity index (χ1) is 9.74. The minimum atomic E-state index is -3.54. The standard InChI is InChI=1S/C14H22N2O4S/c1-5-20-13-8-6-12(7-9-13)16(21(4,18)19)10-14(17)15-11(2)3/h6-9,11H,5,10H2,1-4H3,(H,15,17). The summed E-state index contributed by atoms with van der Waals surface area (Å²) in [5.74, 6) is 0.311. The Morgan fingerprint density at radius 3 is 2.29 bits per heavy atom. The lowest BCUT2D eigenvalue weighted by Crippen LogP contribution is -2.42. The Morgan fingerprint density at radius 1 is 1.29 bits per heavy atom. The predicted octanol–water partition coefficient (Wildman–Crippen LogP) is 1.38. The third-order valence-corrected chi connectivity index (χ3v) is 3.71. The number of carbonyl (C=O) groups is 1. The molecule has 0 aliphatic heterocycles. The smallest absolute Gasteiger partial charge is 0.240 e. The molecule has 0 saturated heterocycles. The zero-order valence-electron chi connectivity index (χ0n) is 12.8. The molecule has 0 radical (unpaired) electrons. The van der Waals surface area contributed by atoms with Crippen molar-refractivity contribution in [1.29, 1.82) is 0 Å². The van der Waals surface area contributed by atoms with Gasteiger partial charge in [0.05, 0.1) is 18.6 Å². The third-order valence-electron chi connectivity index (χ3n) is 2.57. The molecule has 0 aliphatic rings. The molecule has 0 aliphatic carbocycles. The maximum atomic E-state index is 11.9. The molecule has 1 rings (SSSR count). The normalized spacial score (nSPS) is 11.3. The number of ether oxygens (including phenoxy) is 1. The molecular weight excluding hydrogens is 292 g/mol. The van der Waals surface area contributed by atoms with Gasteiger partial charge in [0.1, 0.15) is 12.3 Å². The van der Waals surface area contributed by atoms with Crippen molar-refractivity contribution < 1.29 is 17.9 Å². The van der Waals surface area contributed by atoms with Crippen LogP contribution in [0.4, 0.5) is 5.69 Å². The first kappa shape index (κ1) is 17.3. The maximum Gasteiger partial charge on any atom is 0.240 e. The topological polar surface area (TPSA) is 75.7 Å². The van der Waals surface area contributed by atoms with E-state index in [9.17, 15) is 13.2 Å². The van der Waals surface area contributed by atoms with Gasteiger partial charge in [-0.25, -0.2) is 8.42 Å². The molecule has 118 valence electrons. The third kappa shape index (κ3) is 5.63. The van der Waals surface area contributed by atoms with Crippen LogP contribution in [-0.4, -0.2) is 39.8 Å². The van der Waals surface area contributed by atoms with Gasteiger partial charge in [0.2, 0.25) is 15.9 Å². The van der Waals surface area contributed by atoms with E-state index in [0.717, 1.165) is 10.6 Å². The lowest BCUT2D eigenvalue weighted by molar-refractivity contribution is -0.120. The Balaban J connectivity index is 2.95. The van der Waals surface area contributed by atoms with Crippen molar-refractivity contribution in [3.63, 3.8) is 0 Å². The Hall–Kier alpha value is -1.76.